The molecule has 0 amide bonds. The Morgan fingerprint density at radius 3 is 1.83 bits per heavy atom. The summed E-state index contributed by atoms with van der Waals surface area (Å²) in [5, 5.41) is 9.37. The van der Waals surface area contributed by atoms with Crippen molar-refractivity contribution in [1.29, 1.82) is 5.26 Å². The third-order valence-corrected chi connectivity index (χ3v) is 4.43. The van der Waals surface area contributed by atoms with Gasteiger partial charge in [0.2, 0.25) is 0 Å². The Balaban J connectivity index is 2.55. The van der Waals surface area contributed by atoms with Crippen molar-refractivity contribution < 1.29 is 0 Å². The van der Waals surface area contributed by atoms with Gasteiger partial charge in [0.1, 0.15) is 6.07 Å². The smallest absolute Gasteiger partial charge is 0.101 e. The van der Waals surface area contributed by atoms with E-state index in [0.29, 0.717) is 0 Å². The zero-order valence-corrected chi connectivity index (χ0v) is 15.2. The number of anilines is 1. The van der Waals surface area contributed by atoms with E-state index in [-0.39, 0.29) is 0 Å². The molecule has 23 heavy (non-hydrogen) atoms. The molecule has 0 atom stereocenters. The standard InChI is InChI=1S/C21H34N2/c1-3-5-7-9-13-17-23(18-14-10-8-6-4-2)21-16-12-11-15-20(21)19-22/h11-12,15-16H,3-10,13-14,17-18H2,1-2H3. The predicted molar refractivity (Wildman–Crippen MR) is 101 cm³/mol. The molecule has 2 nitrogen and oxygen atoms in total. The molecule has 0 saturated carbocycles. The number of unbranched alkanes of at least 4 members (excludes halogenated alkanes) is 8. The summed E-state index contributed by atoms with van der Waals surface area (Å²) < 4.78 is 0. The Morgan fingerprint density at radius 1 is 0.783 bits per heavy atom. The molecule has 0 aliphatic rings. The number of hydrogen-bond acceptors (Lipinski definition) is 2. The van der Waals surface area contributed by atoms with E-state index in [4.69, 9.17) is 0 Å². The van der Waals surface area contributed by atoms with Crippen molar-refractivity contribution in [2.24, 2.45) is 0 Å². The maximum absolute atomic E-state index is 9.37. The Kier molecular flexibility index (Phi) is 11.0. The normalized spacial score (nSPS) is 10.5. The van der Waals surface area contributed by atoms with Gasteiger partial charge in [-0.2, -0.15) is 5.26 Å². The van der Waals surface area contributed by atoms with Crippen LogP contribution in [-0.2, 0) is 0 Å². The monoisotopic (exact) mass is 314 g/mol. The van der Waals surface area contributed by atoms with Gasteiger partial charge in [0.05, 0.1) is 11.3 Å². The molecule has 128 valence electrons. The highest BCUT2D eigenvalue weighted by Crippen LogP contribution is 2.21. The number of nitrogens with zero attached hydrogens (tertiary/aromatic N) is 2. The fourth-order valence-electron chi connectivity index (χ4n) is 3.01. The second-order valence-electron chi connectivity index (χ2n) is 6.44. The van der Waals surface area contributed by atoms with Crippen LogP contribution < -0.4 is 4.90 Å². The van der Waals surface area contributed by atoms with E-state index in [1.807, 2.05) is 12.1 Å². The highest BCUT2D eigenvalue weighted by molar-refractivity contribution is 5.59. The largest absolute Gasteiger partial charge is 0.370 e. The summed E-state index contributed by atoms with van der Waals surface area (Å²) in [5.74, 6) is 0. The second kappa shape index (κ2) is 13.0. The molecule has 0 bridgehead atoms. The van der Waals surface area contributed by atoms with E-state index in [1.165, 1.54) is 64.2 Å². The quantitative estimate of drug-likeness (QED) is 0.399. The Morgan fingerprint density at radius 2 is 1.30 bits per heavy atom. The first kappa shape index (κ1) is 19.6. The van der Waals surface area contributed by atoms with E-state index in [2.05, 4.69) is 36.9 Å². The zero-order chi connectivity index (χ0) is 16.8. The van der Waals surface area contributed by atoms with Crippen molar-refractivity contribution in [3.63, 3.8) is 0 Å². The van der Waals surface area contributed by atoms with Gasteiger partial charge in [0, 0.05) is 13.1 Å². The number of hydrogen-bond donors (Lipinski definition) is 0. The first-order valence-electron chi connectivity index (χ1n) is 9.57. The molecule has 0 heterocycles. The van der Waals surface area contributed by atoms with Crippen LogP contribution in [0.25, 0.3) is 0 Å². The molecule has 1 rings (SSSR count). The van der Waals surface area contributed by atoms with E-state index in [0.717, 1.165) is 24.3 Å². The van der Waals surface area contributed by atoms with E-state index < -0.39 is 0 Å². The van der Waals surface area contributed by atoms with Gasteiger partial charge < -0.3 is 4.90 Å². The zero-order valence-electron chi connectivity index (χ0n) is 15.2. The van der Waals surface area contributed by atoms with Gasteiger partial charge in [-0.05, 0) is 25.0 Å². The van der Waals surface area contributed by atoms with E-state index >= 15 is 0 Å². The van der Waals surface area contributed by atoms with Crippen molar-refractivity contribution in [2.45, 2.75) is 78.1 Å². The molecule has 0 fully saturated rings. The van der Waals surface area contributed by atoms with Crippen molar-refractivity contribution in [3.8, 4) is 6.07 Å². The molecule has 0 aromatic heterocycles. The van der Waals surface area contributed by atoms with Crippen LogP contribution in [0.4, 0.5) is 5.69 Å². The fraction of sp³-hybridized carbons (Fsp3) is 0.667. The van der Waals surface area contributed by atoms with Crippen LogP contribution in [0.3, 0.4) is 0 Å². The maximum atomic E-state index is 9.37. The lowest BCUT2D eigenvalue weighted by atomic mass is 10.1. The molecule has 2 heteroatoms. The summed E-state index contributed by atoms with van der Waals surface area (Å²) in [7, 11) is 0. The Bertz CT molecular complexity index is 433. The van der Waals surface area contributed by atoms with Gasteiger partial charge in [0.15, 0.2) is 0 Å². The van der Waals surface area contributed by atoms with Gasteiger partial charge >= 0.3 is 0 Å². The lowest BCUT2D eigenvalue weighted by Gasteiger charge is -2.26. The summed E-state index contributed by atoms with van der Waals surface area (Å²) in [6.07, 6.45) is 13.0. The van der Waals surface area contributed by atoms with Gasteiger partial charge in [0.25, 0.3) is 0 Å². The van der Waals surface area contributed by atoms with Gasteiger partial charge in [-0.25, -0.2) is 0 Å². The second-order valence-corrected chi connectivity index (χ2v) is 6.44. The van der Waals surface area contributed by atoms with Crippen molar-refractivity contribution in [2.75, 3.05) is 18.0 Å². The lowest BCUT2D eigenvalue weighted by Crippen LogP contribution is -2.26. The summed E-state index contributed by atoms with van der Waals surface area (Å²) in [6.45, 7) is 6.67. The van der Waals surface area contributed by atoms with Crippen LogP contribution in [0.2, 0.25) is 0 Å². The molecule has 0 N–H and O–H groups in total. The molecule has 0 unspecified atom stereocenters. The van der Waals surface area contributed by atoms with Crippen molar-refractivity contribution in [3.05, 3.63) is 29.8 Å². The molecule has 0 saturated heterocycles. The predicted octanol–water partition coefficient (Wildman–Crippen LogP) is 6.31. The number of nitriles is 1. The van der Waals surface area contributed by atoms with Crippen LogP contribution in [0.1, 0.15) is 83.6 Å². The van der Waals surface area contributed by atoms with Crippen molar-refractivity contribution >= 4 is 5.69 Å². The van der Waals surface area contributed by atoms with Gasteiger partial charge in [-0.15, -0.1) is 0 Å². The molecule has 1 aromatic carbocycles. The average Bonchev–Trinajstić information content (AvgIpc) is 2.59. The number of para-hydroxylation sites is 1. The first-order valence-corrected chi connectivity index (χ1v) is 9.57. The molecule has 0 aliphatic heterocycles. The highest BCUT2D eigenvalue weighted by atomic mass is 15.1. The molecular formula is C21H34N2. The number of benzene rings is 1. The minimum absolute atomic E-state index is 0.814. The third kappa shape index (κ3) is 8.07. The van der Waals surface area contributed by atoms with Gasteiger partial charge in [-0.3, -0.25) is 0 Å². The molecule has 0 radical (unpaired) electrons. The van der Waals surface area contributed by atoms with Crippen LogP contribution in [0.15, 0.2) is 24.3 Å². The molecule has 0 aliphatic carbocycles. The van der Waals surface area contributed by atoms with Crippen molar-refractivity contribution in [1.82, 2.24) is 0 Å². The van der Waals surface area contributed by atoms with Crippen LogP contribution in [0, 0.1) is 11.3 Å². The topological polar surface area (TPSA) is 27.0 Å². The van der Waals surface area contributed by atoms with Crippen LogP contribution >= 0.6 is 0 Å². The van der Waals surface area contributed by atoms with Gasteiger partial charge in [-0.1, -0.05) is 77.3 Å². The maximum Gasteiger partial charge on any atom is 0.101 e. The Labute approximate surface area is 143 Å². The van der Waals surface area contributed by atoms with Crippen LogP contribution in [-0.4, -0.2) is 13.1 Å². The summed E-state index contributed by atoms with van der Waals surface area (Å²) >= 11 is 0. The highest BCUT2D eigenvalue weighted by Gasteiger charge is 2.10. The third-order valence-electron chi connectivity index (χ3n) is 4.43. The summed E-state index contributed by atoms with van der Waals surface area (Å²) in [5.41, 5.74) is 1.94. The Hall–Kier alpha value is -1.49. The van der Waals surface area contributed by atoms with E-state index in [1.54, 1.807) is 0 Å². The summed E-state index contributed by atoms with van der Waals surface area (Å²) in [6, 6.07) is 10.4. The minimum atomic E-state index is 0.814. The summed E-state index contributed by atoms with van der Waals surface area (Å²) in [4.78, 5) is 2.44. The molecular weight excluding hydrogens is 280 g/mol. The fourth-order valence-corrected chi connectivity index (χ4v) is 3.01. The molecule has 1 aromatic rings. The van der Waals surface area contributed by atoms with E-state index in [9.17, 15) is 5.26 Å². The SMILES string of the molecule is CCCCCCCN(CCCCCCC)c1ccccc1C#N. The first-order chi connectivity index (χ1) is 11.3. The minimum Gasteiger partial charge on any atom is -0.370 e. The lowest BCUT2D eigenvalue weighted by molar-refractivity contribution is 0.589. The number of rotatable bonds is 13. The van der Waals surface area contributed by atoms with Crippen LogP contribution in [0.5, 0.6) is 0 Å². The average molecular weight is 315 g/mol. The molecule has 0 spiro atoms.